The summed E-state index contributed by atoms with van der Waals surface area (Å²) in [4.78, 5) is 26.4. The first kappa shape index (κ1) is 20.7. The minimum Gasteiger partial charge on any atom is -0.356 e. The third-order valence-corrected chi connectivity index (χ3v) is 6.77. The van der Waals surface area contributed by atoms with E-state index in [4.69, 9.17) is 0 Å². The molecule has 1 unspecified atom stereocenters. The molecule has 1 amide bonds. The number of rotatable bonds is 5. The van der Waals surface area contributed by atoms with Gasteiger partial charge in [0.05, 0.1) is 5.92 Å². The van der Waals surface area contributed by atoms with E-state index in [2.05, 4.69) is 55.2 Å². The van der Waals surface area contributed by atoms with Crippen LogP contribution in [-0.4, -0.2) is 56.7 Å². The zero-order valence-corrected chi connectivity index (χ0v) is 18.4. The lowest BCUT2D eigenvalue weighted by Crippen LogP contribution is -2.47. The molecule has 0 bridgehead atoms. The Bertz CT molecular complexity index is 1010. The van der Waals surface area contributed by atoms with Crippen molar-refractivity contribution in [2.24, 2.45) is 11.8 Å². The van der Waals surface area contributed by atoms with Gasteiger partial charge < -0.3 is 9.80 Å². The summed E-state index contributed by atoms with van der Waals surface area (Å²) in [5, 5.41) is 4.26. The minimum atomic E-state index is 0.0394. The molecule has 2 fully saturated rings. The number of benzene rings is 1. The van der Waals surface area contributed by atoms with Gasteiger partial charge in [-0.2, -0.15) is 5.10 Å². The van der Waals surface area contributed by atoms with Crippen LogP contribution < -0.4 is 4.90 Å². The number of hydrogen-bond donors (Lipinski definition) is 0. The minimum absolute atomic E-state index is 0.0394. The number of carbonyl (C=O) groups is 1. The Hall–Kier alpha value is -3.22. The highest BCUT2D eigenvalue weighted by molar-refractivity contribution is 5.80. The fraction of sp³-hybridized carbons (Fsp3) is 0.440. The quantitative estimate of drug-likeness (QED) is 0.621. The van der Waals surface area contributed by atoms with E-state index in [1.54, 1.807) is 17.2 Å². The van der Waals surface area contributed by atoms with Gasteiger partial charge in [-0.3, -0.25) is 4.79 Å². The van der Waals surface area contributed by atoms with Crippen molar-refractivity contribution < 1.29 is 4.79 Å². The van der Waals surface area contributed by atoms with Gasteiger partial charge in [-0.05, 0) is 49.7 Å². The van der Waals surface area contributed by atoms with E-state index in [0.717, 1.165) is 69.9 Å². The van der Waals surface area contributed by atoms with E-state index < -0.39 is 0 Å². The Morgan fingerprint density at radius 2 is 1.78 bits per heavy atom. The standard InChI is InChI=1S/C25H30N6O/c32-25(29-14-9-21(10-15-29)16-20-6-2-1-3-7-20)22-8-4-12-30(18-22)23-17-24(27-19-26-23)31-13-5-11-28-31/h1-3,5-7,11,13,17,19,21-22H,4,8-10,12,14-16,18H2. The van der Waals surface area contributed by atoms with Crippen LogP contribution in [0.4, 0.5) is 5.82 Å². The molecule has 3 aromatic rings. The summed E-state index contributed by atoms with van der Waals surface area (Å²) >= 11 is 0. The summed E-state index contributed by atoms with van der Waals surface area (Å²) in [6.07, 6.45) is 10.4. The summed E-state index contributed by atoms with van der Waals surface area (Å²) in [7, 11) is 0. The lowest BCUT2D eigenvalue weighted by atomic mass is 9.89. The summed E-state index contributed by atoms with van der Waals surface area (Å²) in [6, 6.07) is 14.5. The van der Waals surface area contributed by atoms with Crippen molar-refractivity contribution in [2.45, 2.75) is 32.1 Å². The smallest absolute Gasteiger partial charge is 0.227 e. The highest BCUT2D eigenvalue weighted by Gasteiger charge is 2.32. The van der Waals surface area contributed by atoms with Crippen molar-refractivity contribution in [3.8, 4) is 5.82 Å². The summed E-state index contributed by atoms with van der Waals surface area (Å²) < 4.78 is 1.73. The molecule has 32 heavy (non-hydrogen) atoms. The molecule has 0 N–H and O–H groups in total. The van der Waals surface area contributed by atoms with E-state index >= 15 is 0 Å². The Morgan fingerprint density at radius 3 is 2.56 bits per heavy atom. The molecule has 5 rings (SSSR count). The summed E-state index contributed by atoms with van der Waals surface area (Å²) in [6.45, 7) is 3.39. The van der Waals surface area contributed by atoms with Crippen LogP contribution in [0.3, 0.4) is 0 Å². The van der Waals surface area contributed by atoms with E-state index in [-0.39, 0.29) is 5.92 Å². The number of amides is 1. The maximum Gasteiger partial charge on any atom is 0.227 e. The normalized spacial score (nSPS) is 19.8. The topological polar surface area (TPSA) is 67.2 Å². The predicted octanol–water partition coefficient (Wildman–Crippen LogP) is 3.36. The van der Waals surface area contributed by atoms with E-state index in [9.17, 15) is 4.79 Å². The molecular formula is C25H30N6O. The van der Waals surface area contributed by atoms with Gasteiger partial charge in [0.25, 0.3) is 0 Å². The molecule has 2 aromatic heterocycles. The monoisotopic (exact) mass is 430 g/mol. The second-order valence-electron chi connectivity index (χ2n) is 8.93. The van der Waals surface area contributed by atoms with Gasteiger partial charge in [-0.25, -0.2) is 14.6 Å². The van der Waals surface area contributed by atoms with Crippen LogP contribution in [0.2, 0.25) is 0 Å². The molecule has 7 nitrogen and oxygen atoms in total. The third kappa shape index (κ3) is 4.66. The molecule has 1 atom stereocenters. The first-order chi connectivity index (χ1) is 15.8. The summed E-state index contributed by atoms with van der Waals surface area (Å²) in [5.74, 6) is 2.64. The zero-order valence-electron chi connectivity index (χ0n) is 18.4. The average molecular weight is 431 g/mol. The van der Waals surface area contributed by atoms with Gasteiger partial charge in [-0.1, -0.05) is 30.3 Å². The number of nitrogens with zero attached hydrogens (tertiary/aromatic N) is 6. The number of anilines is 1. The molecule has 4 heterocycles. The zero-order chi connectivity index (χ0) is 21.8. The molecule has 2 saturated heterocycles. The van der Waals surface area contributed by atoms with Gasteiger partial charge in [-0.15, -0.1) is 0 Å². The Kier molecular flexibility index (Phi) is 6.14. The van der Waals surface area contributed by atoms with Gasteiger partial charge in [0.15, 0.2) is 5.82 Å². The largest absolute Gasteiger partial charge is 0.356 e. The SMILES string of the molecule is O=C(C1CCCN(c2cc(-n3cccn3)ncn2)C1)N1CCC(Cc2ccccc2)CC1. The van der Waals surface area contributed by atoms with Crippen LogP contribution in [0.15, 0.2) is 61.2 Å². The molecule has 2 aliphatic rings. The van der Waals surface area contributed by atoms with Crippen LogP contribution >= 0.6 is 0 Å². The van der Waals surface area contributed by atoms with Crippen LogP contribution in [0.5, 0.6) is 0 Å². The third-order valence-electron chi connectivity index (χ3n) is 6.77. The molecule has 0 radical (unpaired) electrons. The van der Waals surface area contributed by atoms with Crippen molar-refractivity contribution in [1.29, 1.82) is 0 Å². The van der Waals surface area contributed by atoms with Crippen molar-refractivity contribution >= 4 is 11.7 Å². The second-order valence-corrected chi connectivity index (χ2v) is 8.93. The Balaban J connectivity index is 1.18. The fourth-order valence-corrected chi connectivity index (χ4v) is 4.99. The van der Waals surface area contributed by atoms with Gasteiger partial charge >= 0.3 is 0 Å². The lowest BCUT2D eigenvalue weighted by Gasteiger charge is -2.38. The van der Waals surface area contributed by atoms with Crippen molar-refractivity contribution in [1.82, 2.24) is 24.6 Å². The molecule has 166 valence electrons. The molecule has 0 spiro atoms. The first-order valence-corrected chi connectivity index (χ1v) is 11.7. The van der Waals surface area contributed by atoms with Crippen LogP contribution in [0.25, 0.3) is 5.82 Å². The van der Waals surface area contributed by atoms with E-state index in [1.165, 1.54) is 5.56 Å². The van der Waals surface area contributed by atoms with Gasteiger partial charge in [0.1, 0.15) is 12.1 Å². The van der Waals surface area contributed by atoms with Crippen molar-refractivity contribution in [2.75, 3.05) is 31.1 Å². The van der Waals surface area contributed by atoms with Crippen LogP contribution in [-0.2, 0) is 11.2 Å². The molecular weight excluding hydrogens is 400 g/mol. The molecule has 2 aliphatic heterocycles. The number of aromatic nitrogens is 4. The highest BCUT2D eigenvalue weighted by Crippen LogP contribution is 2.27. The van der Waals surface area contributed by atoms with Crippen LogP contribution in [0, 0.1) is 11.8 Å². The highest BCUT2D eigenvalue weighted by atomic mass is 16.2. The molecule has 0 saturated carbocycles. The lowest BCUT2D eigenvalue weighted by molar-refractivity contribution is -0.137. The number of likely N-dealkylation sites (tertiary alicyclic amines) is 1. The molecule has 1 aromatic carbocycles. The molecule has 0 aliphatic carbocycles. The number of piperidine rings is 2. The van der Waals surface area contributed by atoms with Gasteiger partial charge in [0, 0.05) is 44.6 Å². The maximum absolute atomic E-state index is 13.3. The first-order valence-electron chi connectivity index (χ1n) is 11.7. The van der Waals surface area contributed by atoms with Crippen LogP contribution in [0.1, 0.15) is 31.2 Å². The Labute approximate surface area is 189 Å². The Morgan fingerprint density at radius 1 is 0.969 bits per heavy atom. The number of carbonyl (C=O) groups excluding carboxylic acids is 1. The average Bonchev–Trinajstić information content (AvgIpc) is 3.40. The maximum atomic E-state index is 13.3. The molecule has 7 heteroatoms. The van der Waals surface area contributed by atoms with E-state index in [0.29, 0.717) is 11.8 Å². The fourth-order valence-electron chi connectivity index (χ4n) is 4.99. The summed E-state index contributed by atoms with van der Waals surface area (Å²) in [5.41, 5.74) is 1.40. The van der Waals surface area contributed by atoms with Gasteiger partial charge in [0.2, 0.25) is 5.91 Å². The van der Waals surface area contributed by atoms with Crippen molar-refractivity contribution in [3.05, 3.63) is 66.7 Å². The second kappa shape index (κ2) is 9.51. The van der Waals surface area contributed by atoms with Crippen molar-refractivity contribution in [3.63, 3.8) is 0 Å². The number of hydrogen-bond acceptors (Lipinski definition) is 5. The predicted molar refractivity (Wildman–Crippen MR) is 124 cm³/mol. The van der Waals surface area contributed by atoms with E-state index in [1.807, 2.05) is 18.3 Å².